The van der Waals surface area contributed by atoms with Crippen LogP contribution in [-0.4, -0.2) is 28.4 Å². The summed E-state index contributed by atoms with van der Waals surface area (Å²) in [7, 11) is 0. The predicted octanol–water partition coefficient (Wildman–Crippen LogP) is 3.53. The number of para-hydroxylation sites is 2. The molecule has 0 bridgehead atoms. The zero-order valence-electron chi connectivity index (χ0n) is 14.6. The van der Waals surface area contributed by atoms with Gasteiger partial charge < -0.3 is 0 Å². The van der Waals surface area contributed by atoms with Crippen LogP contribution in [0.3, 0.4) is 0 Å². The molecule has 0 N–H and O–H groups in total. The third kappa shape index (κ3) is 3.23. The van der Waals surface area contributed by atoms with E-state index in [1.54, 1.807) is 11.1 Å². The van der Waals surface area contributed by atoms with Crippen molar-refractivity contribution in [3.63, 3.8) is 0 Å². The molecule has 0 spiro atoms. The van der Waals surface area contributed by atoms with Crippen LogP contribution < -0.4 is 9.80 Å². The van der Waals surface area contributed by atoms with Crippen molar-refractivity contribution in [2.45, 2.75) is 13.8 Å². The Kier molecular flexibility index (Phi) is 5.14. The van der Waals surface area contributed by atoms with Gasteiger partial charge in [-0.1, -0.05) is 36.4 Å². The lowest BCUT2D eigenvalue weighted by molar-refractivity contribution is -0.122. The van der Waals surface area contributed by atoms with Gasteiger partial charge in [0.05, 0.1) is 0 Å². The third-order valence-corrected chi connectivity index (χ3v) is 4.49. The summed E-state index contributed by atoms with van der Waals surface area (Å²) in [5.74, 6) is -0.408. The molecule has 0 unspecified atom stereocenters. The molecule has 2 aromatic carbocycles. The van der Waals surface area contributed by atoms with Crippen LogP contribution in [0.25, 0.3) is 0 Å². The van der Waals surface area contributed by atoms with Crippen LogP contribution in [0.4, 0.5) is 11.4 Å². The van der Waals surface area contributed by atoms with Crippen molar-refractivity contribution in [1.29, 1.82) is 0 Å². The lowest BCUT2D eigenvalue weighted by Gasteiger charge is -2.22. The van der Waals surface area contributed by atoms with Crippen molar-refractivity contribution in [1.82, 2.24) is 4.90 Å². The fourth-order valence-electron chi connectivity index (χ4n) is 2.82. The maximum atomic E-state index is 12.9. The number of carbonyl (C=O) groups is 2. The van der Waals surface area contributed by atoms with Gasteiger partial charge in [0.25, 0.3) is 5.91 Å². The predicted molar refractivity (Wildman–Crippen MR) is 107 cm³/mol. The van der Waals surface area contributed by atoms with Crippen molar-refractivity contribution in [3.05, 3.63) is 72.6 Å². The quantitative estimate of drug-likeness (QED) is 0.614. The third-order valence-electron chi connectivity index (χ3n) is 4.08. The number of benzene rings is 2. The Balaban J connectivity index is 2.11. The number of hydrogen-bond acceptors (Lipinski definition) is 3. The highest BCUT2D eigenvalue weighted by Crippen LogP contribution is 2.29. The van der Waals surface area contributed by atoms with Crippen LogP contribution in [0, 0.1) is 0 Å². The number of anilines is 2. The molecule has 1 aliphatic rings. The summed E-state index contributed by atoms with van der Waals surface area (Å²) in [6.07, 6.45) is 1.56. The maximum absolute atomic E-state index is 12.9. The molecule has 0 aromatic heterocycles. The van der Waals surface area contributed by atoms with E-state index in [0.29, 0.717) is 23.0 Å². The highest BCUT2D eigenvalue weighted by Gasteiger charge is 2.38. The summed E-state index contributed by atoms with van der Waals surface area (Å²) in [5, 5.41) is 0.409. The lowest BCUT2D eigenvalue weighted by atomic mass is 10.2. The number of nitrogens with zero attached hydrogens (tertiary/aromatic N) is 3. The van der Waals surface area contributed by atoms with Crippen molar-refractivity contribution >= 4 is 40.5 Å². The Hall–Kier alpha value is -2.99. The molecule has 6 heteroatoms. The van der Waals surface area contributed by atoms with Gasteiger partial charge >= 0.3 is 0 Å². The monoisotopic (exact) mass is 365 g/mol. The Labute approximate surface area is 158 Å². The normalized spacial score (nSPS) is 15.7. The summed E-state index contributed by atoms with van der Waals surface area (Å²) in [6, 6.07) is 18.6. The van der Waals surface area contributed by atoms with Crippen LogP contribution >= 0.6 is 12.2 Å². The fraction of sp³-hybridized carbons (Fsp3) is 0.150. The second-order valence-corrected chi connectivity index (χ2v) is 6.11. The molecule has 5 nitrogen and oxygen atoms in total. The minimum absolute atomic E-state index is 0.189. The molecule has 0 saturated carbocycles. The molecule has 1 saturated heterocycles. The van der Waals surface area contributed by atoms with Crippen LogP contribution in [0.1, 0.15) is 13.8 Å². The molecule has 0 aliphatic carbocycles. The van der Waals surface area contributed by atoms with Gasteiger partial charge in [-0.2, -0.15) is 0 Å². The van der Waals surface area contributed by atoms with E-state index in [-0.39, 0.29) is 11.8 Å². The van der Waals surface area contributed by atoms with Crippen LogP contribution in [0.15, 0.2) is 72.6 Å². The Morgan fingerprint density at radius 2 is 1.65 bits per heavy atom. The minimum atomic E-state index is -0.219. The number of likely N-dealkylation sites (N-methyl/N-ethyl adjacent to an activating group) is 1. The first-order chi connectivity index (χ1) is 12.5. The molecule has 26 heavy (non-hydrogen) atoms. The van der Waals surface area contributed by atoms with Gasteiger partial charge in [-0.05, 0) is 43.4 Å². The first-order valence-electron chi connectivity index (χ1n) is 8.32. The van der Waals surface area contributed by atoms with Crippen molar-refractivity contribution in [3.8, 4) is 0 Å². The zero-order chi connectivity index (χ0) is 18.7. The maximum Gasteiger partial charge on any atom is 0.278 e. The van der Waals surface area contributed by atoms with Gasteiger partial charge in [0.1, 0.15) is 5.70 Å². The van der Waals surface area contributed by atoms with Crippen LogP contribution in [-0.2, 0) is 9.59 Å². The van der Waals surface area contributed by atoms with Gasteiger partial charge in [0.15, 0.2) is 5.11 Å². The molecule has 1 heterocycles. The van der Waals surface area contributed by atoms with E-state index in [1.165, 1.54) is 16.7 Å². The molecule has 3 rings (SSSR count). The summed E-state index contributed by atoms with van der Waals surface area (Å²) in [5.41, 5.74) is 1.82. The van der Waals surface area contributed by atoms with Gasteiger partial charge in [-0.15, -0.1) is 0 Å². The van der Waals surface area contributed by atoms with E-state index >= 15 is 0 Å². The average molecular weight is 365 g/mol. The summed E-state index contributed by atoms with van der Waals surface area (Å²) < 4.78 is 0. The molecule has 0 atom stereocenters. The standard InChI is InChI=1S/C20H19N3O2S/c1-3-21-19(25)18(23(20(21)26)17-12-8-5-9-13-17)14-22(15(2)24)16-10-6-4-7-11-16/h4-14H,3H2,1-2H3. The molecular weight excluding hydrogens is 346 g/mol. The van der Waals surface area contributed by atoms with Crippen molar-refractivity contribution in [2.75, 3.05) is 16.3 Å². The SMILES string of the molecule is CCN1C(=O)C(=CN(C(C)=O)c2ccccc2)N(c2ccccc2)C1=S. The van der Waals surface area contributed by atoms with E-state index in [1.807, 2.05) is 67.6 Å². The molecule has 1 aliphatic heterocycles. The second-order valence-electron chi connectivity index (χ2n) is 5.74. The molecule has 2 amide bonds. The van der Waals surface area contributed by atoms with E-state index in [4.69, 9.17) is 12.2 Å². The van der Waals surface area contributed by atoms with Crippen LogP contribution in [0.5, 0.6) is 0 Å². The zero-order valence-corrected chi connectivity index (χ0v) is 15.4. The highest BCUT2D eigenvalue weighted by atomic mass is 32.1. The average Bonchev–Trinajstić information content (AvgIpc) is 2.90. The Morgan fingerprint density at radius 3 is 2.19 bits per heavy atom. The Morgan fingerprint density at radius 1 is 1.08 bits per heavy atom. The van der Waals surface area contributed by atoms with Gasteiger partial charge in [0.2, 0.25) is 5.91 Å². The Bertz CT molecular complexity index is 865. The lowest BCUT2D eigenvalue weighted by Crippen LogP contribution is -2.32. The molecule has 0 radical (unpaired) electrons. The van der Waals surface area contributed by atoms with E-state index in [2.05, 4.69) is 0 Å². The molecule has 132 valence electrons. The first kappa shape index (κ1) is 17.8. The van der Waals surface area contributed by atoms with Gasteiger partial charge in [0, 0.05) is 31.0 Å². The van der Waals surface area contributed by atoms with Crippen molar-refractivity contribution in [2.24, 2.45) is 0 Å². The van der Waals surface area contributed by atoms with Crippen molar-refractivity contribution < 1.29 is 9.59 Å². The highest BCUT2D eigenvalue weighted by molar-refractivity contribution is 7.80. The van der Waals surface area contributed by atoms with Gasteiger partial charge in [-0.3, -0.25) is 24.3 Å². The molecular formula is C20H19N3O2S. The smallest absolute Gasteiger partial charge is 0.278 e. The first-order valence-corrected chi connectivity index (χ1v) is 8.73. The number of thiocarbonyl (C=S) groups is 1. The second kappa shape index (κ2) is 7.49. The number of amides is 2. The fourth-order valence-corrected chi connectivity index (χ4v) is 3.24. The summed E-state index contributed by atoms with van der Waals surface area (Å²) in [6.45, 7) is 3.80. The van der Waals surface area contributed by atoms with Crippen LogP contribution in [0.2, 0.25) is 0 Å². The number of carbonyl (C=O) groups excluding carboxylic acids is 2. The molecule has 1 fully saturated rings. The summed E-state index contributed by atoms with van der Waals surface area (Å²) in [4.78, 5) is 29.8. The topological polar surface area (TPSA) is 43.9 Å². The largest absolute Gasteiger partial charge is 0.286 e. The molecule has 2 aromatic rings. The number of rotatable bonds is 4. The van der Waals surface area contributed by atoms with E-state index in [0.717, 1.165) is 5.69 Å². The number of hydrogen-bond donors (Lipinski definition) is 0. The summed E-state index contributed by atoms with van der Waals surface area (Å²) >= 11 is 5.52. The minimum Gasteiger partial charge on any atom is -0.286 e. The van der Waals surface area contributed by atoms with Gasteiger partial charge in [-0.25, -0.2) is 0 Å². The van der Waals surface area contributed by atoms with E-state index < -0.39 is 0 Å². The van der Waals surface area contributed by atoms with E-state index in [9.17, 15) is 9.59 Å².